The molecular formula is C13H16N2O3. The lowest BCUT2D eigenvalue weighted by molar-refractivity contribution is -0.122. The zero-order valence-corrected chi connectivity index (χ0v) is 10.2. The van der Waals surface area contributed by atoms with Crippen LogP contribution in [0.3, 0.4) is 0 Å². The maximum absolute atomic E-state index is 11.3. The van der Waals surface area contributed by atoms with Crippen LogP contribution in [0.15, 0.2) is 18.2 Å². The minimum Gasteiger partial charge on any atom is -0.497 e. The van der Waals surface area contributed by atoms with E-state index >= 15 is 0 Å². The number of amides is 1. The Morgan fingerprint density at radius 2 is 2.33 bits per heavy atom. The van der Waals surface area contributed by atoms with Gasteiger partial charge in [-0.3, -0.25) is 4.79 Å². The first kappa shape index (κ1) is 13.9. The first-order valence-corrected chi connectivity index (χ1v) is 5.41. The van der Waals surface area contributed by atoms with Crippen LogP contribution in [0.25, 0.3) is 0 Å². The van der Waals surface area contributed by atoms with E-state index < -0.39 is 0 Å². The molecule has 0 radical (unpaired) electrons. The maximum atomic E-state index is 11.3. The molecule has 0 heterocycles. The largest absolute Gasteiger partial charge is 0.497 e. The second kappa shape index (κ2) is 7.20. The van der Waals surface area contributed by atoms with Crippen LogP contribution in [-0.4, -0.2) is 26.2 Å². The summed E-state index contributed by atoms with van der Waals surface area (Å²) in [5.74, 6) is 3.21. The second-order valence-corrected chi connectivity index (χ2v) is 3.45. The zero-order valence-electron chi connectivity index (χ0n) is 10.2. The van der Waals surface area contributed by atoms with Gasteiger partial charge in [-0.1, -0.05) is 12.0 Å². The third-order valence-electron chi connectivity index (χ3n) is 2.24. The van der Waals surface area contributed by atoms with Gasteiger partial charge in [0.1, 0.15) is 11.5 Å². The van der Waals surface area contributed by atoms with E-state index in [1.165, 1.54) is 0 Å². The number of carbonyl (C=O) groups is 1. The Kier molecular flexibility index (Phi) is 5.55. The van der Waals surface area contributed by atoms with Gasteiger partial charge in [0.05, 0.1) is 13.7 Å². The van der Waals surface area contributed by atoms with Crippen LogP contribution >= 0.6 is 0 Å². The van der Waals surface area contributed by atoms with E-state index in [9.17, 15) is 4.79 Å². The molecule has 5 nitrogen and oxygen atoms in total. The topological polar surface area (TPSA) is 73.6 Å². The molecular weight excluding hydrogens is 232 g/mol. The summed E-state index contributed by atoms with van der Waals surface area (Å²) in [5.41, 5.74) is 6.39. The van der Waals surface area contributed by atoms with E-state index in [0.717, 1.165) is 5.56 Å². The Morgan fingerprint density at radius 3 is 2.94 bits per heavy atom. The maximum Gasteiger partial charge on any atom is 0.258 e. The van der Waals surface area contributed by atoms with Gasteiger partial charge in [-0.2, -0.15) is 0 Å². The molecule has 3 N–H and O–H groups in total. The molecule has 1 aromatic rings. The van der Waals surface area contributed by atoms with Crippen molar-refractivity contribution in [3.8, 4) is 23.8 Å². The van der Waals surface area contributed by atoms with Gasteiger partial charge in [-0.15, -0.1) is 6.42 Å². The average molecular weight is 248 g/mol. The Balaban J connectivity index is 2.65. The normalized spacial score (nSPS) is 9.39. The van der Waals surface area contributed by atoms with Gasteiger partial charge in [0.15, 0.2) is 6.61 Å². The highest BCUT2D eigenvalue weighted by Gasteiger charge is 2.07. The van der Waals surface area contributed by atoms with Crippen LogP contribution in [0.5, 0.6) is 11.5 Å². The molecule has 0 spiro atoms. The predicted molar refractivity (Wildman–Crippen MR) is 68.2 cm³/mol. The predicted octanol–water partition coefficient (Wildman–Crippen LogP) is 0.282. The van der Waals surface area contributed by atoms with Crippen LogP contribution in [-0.2, 0) is 11.3 Å². The number of benzene rings is 1. The Hall–Kier alpha value is -2.19. The average Bonchev–Trinajstić information content (AvgIpc) is 2.42. The summed E-state index contributed by atoms with van der Waals surface area (Å²) in [6, 6.07) is 5.28. The number of nitrogens with two attached hydrogens (primary N) is 1. The SMILES string of the molecule is C#CCNC(=O)COc1cc(OC)ccc1CN. The van der Waals surface area contributed by atoms with Crippen molar-refractivity contribution in [3.63, 3.8) is 0 Å². The molecule has 0 saturated heterocycles. The molecule has 1 amide bonds. The van der Waals surface area contributed by atoms with E-state index in [1.807, 2.05) is 0 Å². The molecule has 0 bridgehead atoms. The van der Waals surface area contributed by atoms with Crippen molar-refractivity contribution < 1.29 is 14.3 Å². The molecule has 1 rings (SSSR count). The minimum atomic E-state index is -0.279. The van der Waals surface area contributed by atoms with E-state index in [0.29, 0.717) is 18.0 Å². The molecule has 0 aliphatic heterocycles. The molecule has 1 aromatic carbocycles. The number of hydrogen-bond acceptors (Lipinski definition) is 4. The summed E-state index contributed by atoms with van der Waals surface area (Å²) in [4.78, 5) is 11.3. The summed E-state index contributed by atoms with van der Waals surface area (Å²) in [6.45, 7) is 0.400. The van der Waals surface area contributed by atoms with Gasteiger partial charge >= 0.3 is 0 Å². The number of methoxy groups -OCH3 is 1. The van der Waals surface area contributed by atoms with Crippen LogP contribution < -0.4 is 20.5 Å². The molecule has 0 aromatic heterocycles. The van der Waals surface area contributed by atoms with Gasteiger partial charge < -0.3 is 20.5 Å². The van der Waals surface area contributed by atoms with Crippen LogP contribution in [0.2, 0.25) is 0 Å². The summed E-state index contributed by atoms with van der Waals surface area (Å²) in [7, 11) is 1.56. The van der Waals surface area contributed by atoms with Crippen molar-refractivity contribution in [2.75, 3.05) is 20.3 Å². The van der Waals surface area contributed by atoms with Crippen molar-refractivity contribution in [2.45, 2.75) is 6.54 Å². The number of carbonyl (C=O) groups excluding carboxylic acids is 1. The molecule has 5 heteroatoms. The molecule has 0 atom stereocenters. The fourth-order valence-electron chi connectivity index (χ4n) is 1.31. The second-order valence-electron chi connectivity index (χ2n) is 3.45. The number of ether oxygens (including phenoxy) is 2. The quantitative estimate of drug-likeness (QED) is 0.709. The van der Waals surface area contributed by atoms with Gasteiger partial charge in [-0.25, -0.2) is 0 Å². The number of rotatable bonds is 6. The summed E-state index contributed by atoms with van der Waals surface area (Å²) >= 11 is 0. The molecule has 0 aliphatic rings. The van der Waals surface area contributed by atoms with E-state index in [4.69, 9.17) is 21.6 Å². The van der Waals surface area contributed by atoms with E-state index in [1.54, 1.807) is 25.3 Å². The van der Waals surface area contributed by atoms with Gasteiger partial charge in [0, 0.05) is 18.2 Å². The Labute approximate surface area is 106 Å². The Bertz CT molecular complexity index is 452. The number of terminal acetylenes is 1. The molecule has 18 heavy (non-hydrogen) atoms. The highest BCUT2D eigenvalue weighted by Crippen LogP contribution is 2.24. The van der Waals surface area contributed by atoms with Crippen molar-refractivity contribution in [3.05, 3.63) is 23.8 Å². The van der Waals surface area contributed by atoms with Crippen LogP contribution in [0, 0.1) is 12.3 Å². The summed E-state index contributed by atoms with van der Waals surface area (Å²) in [6.07, 6.45) is 5.03. The highest BCUT2D eigenvalue weighted by atomic mass is 16.5. The molecule has 0 aliphatic carbocycles. The van der Waals surface area contributed by atoms with Crippen molar-refractivity contribution in [1.29, 1.82) is 0 Å². The lowest BCUT2D eigenvalue weighted by Gasteiger charge is -2.11. The smallest absolute Gasteiger partial charge is 0.258 e. The fraction of sp³-hybridized carbons (Fsp3) is 0.308. The van der Waals surface area contributed by atoms with Gasteiger partial charge in [-0.05, 0) is 6.07 Å². The van der Waals surface area contributed by atoms with Gasteiger partial charge in [0.25, 0.3) is 5.91 Å². The third kappa shape index (κ3) is 4.00. The molecule has 0 saturated carbocycles. The van der Waals surface area contributed by atoms with Crippen molar-refractivity contribution in [2.24, 2.45) is 5.73 Å². The van der Waals surface area contributed by atoms with E-state index in [-0.39, 0.29) is 19.1 Å². The van der Waals surface area contributed by atoms with Crippen LogP contribution in [0.1, 0.15) is 5.56 Å². The Morgan fingerprint density at radius 1 is 1.56 bits per heavy atom. The van der Waals surface area contributed by atoms with Crippen molar-refractivity contribution >= 4 is 5.91 Å². The third-order valence-corrected chi connectivity index (χ3v) is 2.24. The molecule has 0 unspecified atom stereocenters. The minimum absolute atomic E-state index is 0.109. The molecule has 96 valence electrons. The number of nitrogens with one attached hydrogen (secondary N) is 1. The first-order valence-electron chi connectivity index (χ1n) is 5.41. The lowest BCUT2D eigenvalue weighted by Crippen LogP contribution is -2.29. The first-order chi connectivity index (χ1) is 8.71. The van der Waals surface area contributed by atoms with E-state index in [2.05, 4.69) is 11.2 Å². The zero-order chi connectivity index (χ0) is 13.4. The highest BCUT2D eigenvalue weighted by molar-refractivity contribution is 5.77. The van der Waals surface area contributed by atoms with Crippen LogP contribution in [0.4, 0.5) is 0 Å². The van der Waals surface area contributed by atoms with Gasteiger partial charge in [0.2, 0.25) is 0 Å². The fourth-order valence-corrected chi connectivity index (χ4v) is 1.31. The number of hydrogen-bond donors (Lipinski definition) is 2. The lowest BCUT2D eigenvalue weighted by atomic mass is 10.2. The monoisotopic (exact) mass is 248 g/mol. The summed E-state index contributed by atoms with van der Waals surface area (Å²) in [5, 5.41) is 2.51. The molecule has 0 fully saturated rings. The standard InChI is InChI=1S/C13H16N2O3/c1-3-6-15-13(16)9-18-12-7-11(17-2)5-4-10(12)8-14/h1,4-5,7H,6,8-9,14H2,2H3,(H,15,16). The summed E-state index contributed by atoms with van der Waals surface area (Å²) < 4.78 is 10.5. The van der Waals surface area contributed by atoms with Crippen molar-refractivity contribution in [1.82, 2.24) is 5.32 Å².